The number of ether oxygens (including phenoxy) is 1. The van der Waals surface area contributed by atoms with Crippen molar-refractivity contribution < 1.29 is 14.8 Å². The lowest BCUT2D eigenvalue weighted by atomic mass is 10.1. The van der Waals surface area contributed by atoms with E-state index in [-0.39, 0.29) is 12.4 Å². The largest absolute Gasteiger partial charge is 0.494 e. The van der Waals surface area contributed by atoms with E-state index in [1.54, 1.807) is 0 Å². The number of piperidine rings is 1. The molecule has 178 valence electrons. The fourth-order valence-electron chi connectivity index (χ4n) is 3.85. The van der Waals surface area contributed by atoms with E-state index in [0.717, 1.165) is 37.1 Å². The van der Waals surface area contributed by atoms with E-state index in [1.807, 2.05) is 42.5 Å². The van der Waals surface area contributed by atoms with Crippen molar-refractivity contribution in [3.63, 3.8) is 0 Å². The molecule has 2 aromatic carbocycles. The molecule has 1 heterocycles. The Morgan fingerprint density at radius 3 is 2.67 bits per heavy atom. The van der Waals surface area contributed by atoms with Gasteiger partial charge < -0.3 is 20.5 Å². The number of aliphatic hydroxyl groups is 1. The SMILES string of the molecule is O=[N+]([O-])/C=C(\NCCCOc1cccc(CN2CCCCC2)c1)NCC(O)c1ccccc1. The Balaban J connectivity index is 1.38. The summed E-state index contributed by atoms with van der Waals surface area (Å²) in [5.41, 5.74) is 2.01. The van der Waals surface area contributed by atoms with Crippen LogP contribution in [-0.4, -0.2) is 47.7 Å². The van der Waals surface area contributed by atoms with Crippen LogP contribution in [0.25, 0.3) is 0 Å². The minimum atomic E-state index is -0.760. The lowest BCUT2D eigenvalue weighted by Crippen LogP contribution is -2.31. The van der Waals surface area contributed by atoms with Crippen LogP contribution in [0, 0.1) is 10.1 Å². The Hall–Kier alpha value is -3.10. The number of nitro groups is 1. The maximum atomic E-state index is 10.9. The van der Waals surface area contributed by atoms with Crippen molar-refractivity contribution in [2.24, 2.45) is 0 Å². The first-order chi connectivity index (χ1) is 16.1. The molecule has 0 radical (unpaired) electrons. The van der Waals surface area contributed by atoms with Gasteiger partial charge in [0.2, 0.25) is 0 Å². The summed E-state index contributed by atoms with van der Waals surface area (Å²) in [7, 11) is 0. The molecule has 1 atom stereocenters. The molecule has 0 aromatic heterocycles. The minimum absolute atomic E-state index is 0.164. The summed E-state index contributed by atoms with van der Waals surface area (Å²) in [5, 5.41) is 27.1. The quantitative estimate of drug-likeness (QED) is 0.242. The molecule has 0 spiro atoms. The number of aliphatic hydroxyl groups excluding tert-OH is 1. The summed E-state index contributed by atoms with van der Waals surface area (Å²) >= 11 is 0. The van der Waals surface area contributed by atoms with Crippen molar-refractivity contribution in [3.05, 3.63) is 87.9 Å². The Morgan fingerprint density at radius 2 is 1.91 bits per heavy atom. The first-order valence-corrected chi connectivity index (χ1v) is 11.6. The summed E-state index contributed by atoms with van der Waals surface area (Å²) in [6.45, 7) is 4.44. The van der Waals surface area contributed by atoms with Crippen LogP contribution in [0.3, 0.4) is 0 Å². The Labute approximate surface area is 195 Å². The normalized spacial score (nSPS) is 15.6. The molecule has 1 unspecified atom stereocenters. The molecule has 8 heteroatoms. The number of hydrogen-bond acceptors (Lipinski definition) is 7. The van der Waals surface area contributed by atoms with Gasteiger partial charge in [-0.25, -0.2) is 0 Å². The fourth-order valence-corrected chi connectivity index (χ4v) is 3.85. The van der Waals surface area contributed by atoms with Crippen molar-refractivity contribution in [1.29, 1.82) is 0 Å². The van der Waals surface area contributed by atoms with Gasteiger partial charge in [0, 0.05) is 19.6 Å². The van der Waals surface area contributed by atoms with Gasteiger partial charge in [-0.2, -0.15) is 0 Å². The molecule has 3 N–H and O–H groups in total. The predicted octanol–water partition coefficient (Wildman–Crippen LogP) is 3.43. The molecular formula is C25H34N4O4. The van der Waals surface area contributed by atoms with E-state index in [9.17, 15) is 15.2 Å². The first-order valence-electron chi connectivity index (χ1n) is 11.6. The predicted molar refractivity (Wildman–Crippen MR) is 128 cm³/mol. The van der Waals surface area contributed by atoms with E-state index in [0.29, 0.717) is 19.6 Å². The van der Waals surface area contributed by atoms with Crippen molar-refractivity contribution in [3.8, 4) is 5.75 Å². The average Bonchev–Trinajstić information content (AvgIpc) is 2.83. The number of benzene rings is 2. The number of likely N-dealkylation sites (tertiary alicyclic amines) is 1. The highest BCUT2D eigenvalue weighted by Crippen LogP contribution is 2.18. The summed E-state index contributed by atoms with van der Waals surface area (Å²) in [6.07, 6.45) is 4.67. The molecule has 0 amide bonds. The second kappa shape index (κ2) is 13.4. The van der Waals surface area contributed by atoms with E-state index >= 15 is 0 Å². The van der Waals surface area contributed by atoms with Crippen LogP contribution in [0.5, 0.6) is 5.75 Å². The highest BCUT2D eigenvalue weighted by Gasteiger charge is 2.11. The van der Waals surface area contributed by atoms with E-state index in [1.165, 1.54) is 24.8 Å². The van der Waals surface area contributed by atoms with Gasteiger partial charge in [0.25, 0.3) is 6.20 Å². The number of nitrogens with one attached hydrogen (secondary N) is 2. The monoisotopic (exact) mass is 454 g/mol. The van der Waals surface area contributed by atoms with Crippen LogP contribution < -0.4 is 15.4 Å². The Kier molecular flexibility index (Phi) is 10.0. The molecule has 2 aromatic rings. The molecular weight excluding hydrogens is 420 g/mol. The van der Waals surface area contributed by atoms with Crippen molar-refractivity contribution in [2.75, 3.05) is 32.8 Å². The van der Waals surface area contributed by atoms with Crippen LogP contribution in [0.15, 0.2) is 66.6 Å². The van der Waals surface area contributed by atoms with Gasteiger partial charge in [-0.1, -0.05) is 48.9 Å². The fraction of sp³-hybridized carbons (Fsp3) is 0.440. The molecule has 0 bridgehead atoms. The van der Waals surface area contributed by atoms with Crippen LogP contribution in [0.4, 0.5) is 0 Å². The van der Waals surface area contributed by atoms with E-state index in [2.05, 4.69) is 27.7 Å². The standard InChI is InChI=1S/C25H34N4O4/c30-24(22-10-3-1-4-11-22)18-27-25(20-29(31)32)26-13-8-16-33-23-12-7-9-21(17-23)19-28-14-5-2-6-15-28/h1,3-4,7,9-12,17,20,24,26-27,30H,2,5-6,8,13-16,18-19H2/b25-20+. The second-order valence-electron chi connectivity index (χ2n) is 8.25. The number of rotatable bonds is 13. The molecule has 0 aliphatic carbocycles. The van der Waals surface area contributed by atoms with Gasteiger partial charge in [-0.05, 0) is 55.6 Å². The zero-order chi connectivity index (χ0) is 23.3. The topological polar surface area (TPSA) is 99.9 Å². The lowest BCUT2D eigenvalue weighted by Gasteiger charge is -2.26. The van der Waals surface area contributed by atoms with Crippen LogP contribution in [-0.2, 0) is 6.54 Å². The summed E-state index contributed by atoms with van der Waals surface area (Å²) in [6, 6.07) is 17.4. The highest BCUT2D eigenvalue weighted by atomic mass is 16.6. The number of hydrogen-bond donors (Lipinski definition) is 3. The maximum absolute atomic E-state index is 10.9. The minimum Gasteiger partial charge on any atom is -0.494 e. The third-order valence-electron chi connectivity index (χ3n) is 5.56. The molecule has 8 nitrogen and oxygen atoms in total. The van der Waals surface area contributed by atoms with E-state index in [4.69, 9.17) is 4.74 Å². The van der Waals surface area contributed by atoms with Gasteiger partial charge in [-0.15, -0.1) is 0 Å². The van der Waals surface area contributed by atoms with Crippen molar-refractivity contribution >= 4 is 0 Å². The van der Waals surface area contributed by atoms with Crippen molar-refractivity contribution in [1.82, 2.24) is 15.5 Å². The molecule has 0 saturated carbocycles. The summed E-state index contributed by atoms with van der Waals surface area (Å²) < 4.78 is 5.88. The molecule has 1 fully saturated rings. The van der Waals surface area contributed by atoms with Gasteiger partial charge in [0.1, 0.15) is 5.75 Å². The Bertz CT molecular complexity index is 885. The smallest absolute Gasteiger partial charge is 0.274 e. The van der Waals surface area contributed by atoms with Gasteiger partial charge in [0.05, 0.1) is 17.6 Å². The maximum Gasteiger partial charge on any atom is 0.274 e. The molecule has 33 heavy (non-hydrogen) atoms. The van der Waals surface area contributed by atoms with E-state index < -0.39 is 11.0 Å². The summed E-state index contributed by atoms with van der Waals surface area (Å²) in [4.78, 5) is 12.9. The third-order valence-corrected chi connectivity index (χ3v) is 5.56. The van der Waals surface area contributed by atoms with Crippen LogP contribution >= 0.6 is 0 Å². The van der Waals surface area contributed by atoms with Gasteiger partial charge in [0.15, 0.2) is 5.82 Å². The van der Waals surface area contributed by atoms with Crippen LogP contribution in [0.2, 0.25) is 0 Å². The van der Waals surface area contributed by atoms with Gasteiger partial charge in [-0.3, -0.25) is 15.0 Å². The molecule has 1 saturated heterocycles. The lowest BCUT2D eigenvalue weighted by molar-refractivity contribution is -0.404. The zero-order valence-electron chi connectivity index (χ0n) is 19.0. The van der Waals surface area contributed by atoms with Crippen molar-refractivity contribution in [2.45, 2.75) is 38.3 Å². The van der Waals surface area contributed by atoms with Gasteiger partial charge >= 0.3 is 0 Å². The first kappa shape index (κ1) is 24.5. The molecule has 1 aliphatic heterocycles. The highest BCUT2D eigenvalue weighted by molar-refractivity contribution is 5.28. The zero-order valence-corrected chi connectivity index (χ0v) is 19.0. The molecule has 3 rings (SSSR count). The molecule has 1 aliphatic rings. The number of nitrogens with zero attached hydrogens (tertiary/aromatic N) is 2. The Morgan fingerprint density at radius 1 is 1.12 bits per heavy atom. The summed E-state index contributed by atoms with van der Waals surface area (Å²) in [5.74, 6) is 1.10. The van der Waals surface area contributed by atoms with Crippen LogP contribution in [0.1, 0.15) is 42.9 Å². The third kappa shape index (κ3) is 9.11. The average molecular weight is 455 g/mol. The second-order valence-corrected chi connectivity index (χ2v) is 8.25.